The van der Waals surface area contributed by atoms with E-state index in [4.69, 9.17) is 21.1 Å². The Morgan fingerprint density at radius 2 is 2.07 bits per heavy atom. The van der Waals surface area contributed by atoms with Gasteiger partial charge in [-0.3, -0.25) is 4.79 Å². The molecule has 8 heteroatoms. The van der Waals surface area contributed by atoms with Gasteiger partial charge in [0.15, 0.2) is 5.82 Å². The average molecular weight is 430 g/mol. The van der Waals surface area contributed by atoms with Crippen LogP contribution in [0.2, 0.25) is 5.02 Å². The minimum Gasteiger partial charge on any atom is -0.457 e. The molecule has 30 heavy (non-hydrogen) atoms. The molecule has 1 atom stereocenters. The van der Waals surface area contributed by atoms with Crippen LogP contribution in [0.15, 0.2) is 59.5 Å². The Morgan fingerprint density at radius 1 is 1.23 bits per heavy atom. The maximum atomic E-state index is 14.7. The van der Waals surface area contributed by atoms with E-state index >= 15 is 0 Å². The van der Waals surface area contributed by atoms with E-state index in [0.29, 0.717) is 36.3 Å². The van der Waals surface area contributed by atoms with Crippen LogP contribution in [0.3, 0.4) is 0 Å². The highest BCUT2D eigenvalue weighted by Gasteiger charge is 2.17. The van der Waals surface area contributed by atoms with E-state index < -0.39 is 11.4 Å². The first-order valence-electron chi connectivity index (χ1n) is 9.74. The van der Waals surface area contributed by atoms with Crippen LogP contribution in [0.1, 0.15) is 12.8 Å². The van der Waals surface area contributed by atoms with E-state index in [-0.39, 0.29) is 10.7 Å². The molecule has 1 aromatic heterocycles. The van der Waals surface area contributed by atoms with Gasteiger partial charge in [0.05, 0.1) is 18.5 Å². The Balaban J connectivity index is 1.52. The lowest BCUT2D eigenvalue weighted by atomic mass is 10.0. The monoisotopic (exact) mass is 429 g/mol. The number of aromatic nitrogens is 2. The second kappa shape index (κ2) is 9.28. The fourth-order valence-corrected chi connectivity index (χ4v) is 3.49. The minimum absolute atomic E-state index is 0.00505. The highest BCUT2D eigenvalue weighted by atomic mass is 35.5. The molecule has 1 aliphatic heterocycles. The van der Waals surface area contributed by atoms with Crippen molar-refractivity contribution in [2.45, 2.75) is 12.8 Å². The third kappa shape index (κ3) is 4.63. The number of hydrogen-bond donors (Lipinski definition) is 1. The van der Waals surface area contributed by atoms with Crippen molar-refractivity contribution >= 4 is 17.3 Å². The van der Waals surface area contributed by atoms with E-state index in [1.165, 1.54) is 18.3 Å². The molecule has 1 N–H and O–H groups in total. The molecule has 0 unspecified atom stereocenters. The molecule has 0 saturated carbocycles. The number of benzene rings is 2. The second-order valence-corrected chi connectivity index (χ2v) is 7.46. The predicted molar refractivity (Wildman–Crippen MR) is 113 cm³/mol. The molecule has 1 saturated heterocycles. The van der Waals surface area contributed by atoms with Gasteiger partial charge >= 0.3 is 0 Å². The van der Waals surface area contributed by atoms with Gasteiger partial charge in [0.2, 0.25) is 0 Å². The van der Waals surface area contributed by atoms with Crippen LogP contribution < -0.4 is 15.6 Å². The summed E-state index contributed by atoms with van der Waals surface area (Å²) >= 11 is 6.24. The summed E-state index contributed by atoms with van der Waals surface area (Å²) in [6.07, 6.45) is 3.50. The van der Waals surface area contributed by atoms with Crippen molar-refractivity contribution < 1.29 is 13.9 Å². The summed E-state index contributed by atoms with van der Waals surface area (Å²) in [5.74, 6) is 0.609. The zero-order valence-electron chi connectivity index (χ0n) is 16.2. The Kier molecular flexibility index (Phi) is 6.30. The van der Waals surface area contributed by atoms with Crippen LogP contribution in [0.5, 0.6) is 11.5 Å². The van der Waals surface area contributed by atoms with Crippen LogP contribution in [-0.2, 0) is 4.74 Å². The predicted octanol–water partition coefficient (Wildman–Crippen LogP) is 4.66. The largest absolute Gasteiger partial charge is 0.457 e. The summed E-state index contributed by atoms with van der Waals surface area (Å²) in [6.45, 7) is 2.10. The molecule has 6 nitrogen and oxygen atoms in total. The van der Waals surface area contributed by atoms with Gasteiger partial charge in [-0.15, -0.1) is 0 Å². The lowest BCUT2D eigenvalue weighted by molar-refractivity contribution is 0.0595. The normalized spacial score (nSPS) is 16.3. The molecule has 3 aromatic rings. The van der Waals surface area contributed by atoms with Gasteiger partial charge in [0.25, 0.3) is 5.56 Å². The molecule has 4 rings (SSSR count). The van der Waals surface area contributed by atoms with Crippen molar-refractivity contribution in [3.8, 4) is 17.2 Å². The zero-order chi connectivity index (χ0) is 20.9. The van der Waals surface area contributed by atoms with Crippen molar-refractivity contribution in [2.75, 3.05) is 25.1 Å². The Morgan fingerprint density at radius 3 is 2.80 bits per heavy atom. The standard InChI is InChI=1S/C22H21ClFN3O3/c23-21-19(25-12-15-5-4-10-29-14-15)13-26-27(22(21)28)20-9-8-17(11-18(20)24)30-16-6-2-1-3-7-16/h1-3,6-9,11,13,15,25H,4-5,10,12,14H2/t15-/m0/s1. The number of halogens is 2. The van der Waals surface area contributed by atoms with Gasteiger partial charge in [-0.25, -0.2) is 4.39 Å². The summed E-state index contributed by atoms with van der Waals surface area (Å²) in [5, 5.41) is 7.21. The van der Waals surface area contributed by atoms with Gasteiger partial charge in [-0.1, -0.05) is 29.8 Å². The van der Waals surface area contributed by atoms with E-state index in [1.807, 2.05) is 18.2 Å². The Bertz CT molecular complexity index is 1070. The van der Waals surface area contributed by atoms with E-state index in [0.717, 1.165) is 24.1 Å². The zero-order valence-corrected chi connectivity index (χ0v) is 16.9. The lowest BCUT2D eigenvalue weighted by Gasteiger charge is -2.22. The van der Waals surface area contributed by atoms with E-state index in [9.17, 15) is 9.18 Å². The molecule has 0 amide bonds. The number of rotatable bonds is 6. The highest BCUT2D eigenvalue weighted by molar-refractivity contribution is 6.32. The smallest absolute Gasteiger partial charge is 0.292 e. The van der Waals surface area contributed by atoms with E-state index in [1.54, 1.807) is 18.2 Å². The van der Waals surface area contributed by atoms with Crippen molar-refractivity contribution in [1.82, 2.24) is 9.78 Å². The number of ether oxygens (including phenoxy) is 2. The average Bonchev–Trinajstić information content (AvgIpc) is 2.77. The van der Waals surface area contributed by atoms with Gasteiger partial charge in [0.1, 0.15) is 22.2 Å². The van der Waals surface area contributed by atoms with Gasteiger partial charge < -0.3 is 14.8 Å². The quantitative estimate of drug-likeness (QED) is 0.617. The third-order valence-electron chi connectivity index (χ3n) is 4.88. The molecule has 0 bridgehead atoms. The summed E-state index contributed by atoms with van der Waals surface area (Å²) in [6, 6.07) is 13.3. The first-order chi connectivity index (χ1) is 14.6. The van der Waals surface area contributed by atoms with Crippen LogP contribution in [-0.4, -0.2) is 29.5 Å². The van der Waals surface area contributed by atoms with Crippen LogP contribution >= 0.6 is 11.6 Å². The van der Waals surface area contributed by atoms with Gasteiger partial charge in [-0.05, 0) is 43.0 Å². The van der Waals surface area contributed by atoms with Crippen molar-refractivity contribution in [3.63, 3.8) is 0 Å². The third-order valence-corrected chi connectivity index (χ3v) is 5.25. The fraction of sp³-hybridized carbons (Fsp3) is 0.273. The molecule has 0 aliphatic carbocycles. The highest BCUT2D eigenvalue weighted by Crippen LogP contribution is 2.25. The van der Waals surface area contributed by atoms with Gasteiger partial charge in [0, 0.05) is 19.2 Å². The van der Waals surface area contributed by atoms with Crippen LogP contribution in [0, 0.1) is 11.7 Å². The van der Waals surface area contributed by atoms with Crippen molar-refractivity contribution in [3.05, 3.63) is 75.9 Å². The minimum atomic E-state index is -0.644. The van der Waals surface area contributed by atoms with Crippen LogP contribution in [0.25, 0.3) is 5.69 Å². The van der Waals surface area contributed by atoms with Gasteiger partial charge in [-0.2, -0.15) is 9.78 Å². The lowest BCUT2D eigenvalue weighted by Crippen LogP contribution is -2.27. The van der Waals surface area contributed by atoms with Crippen molar-refractivity contribution in [1.29, 1.82) is 0 Å². The topological polar surface area (TPSA) is 65.4 Å². The summed E-state index contributed by atoms with van der Waals surface area (Å²) in [4.78, 5) is 12.7. The number of anilines is 1. The van der Waals surface area contributed by atoms with Crippen LogP contribution in [0.4, 0.5) is 10.1 Å². The molecule has 1 aliphatic rings. The molecule has 156 valence electrons. The molecule has 1 fully saturated rings. The maximum Gasteiger partial charge on any atom is 0.292 e. The van der Waals surface area contributed by atoms with Crippen molar-refractivity contribution in [2.24, 2.45) is 5.92 Å². The number of para-hydroxylation sites is 1. The fourth-order valence-electron chi connectivity index (χ4n) is 3.30. The summed E-state index contributed by atoms with van der Waals surface area (Å²) in [5.41, 5.74) is -0.181. The second-order valence-electron chi connectivity index (χ2n) is 7.08. The van der Waals surface area contributed by atoms with E-state index in [2.05, 4.69) is 10.4 Å². The number of nitrogens with zero attached hydrogens (tertiary/aromatic N) is 2. The number of nitrogens with one attached hydrogen (secondary N) is 1. The maximum absolute atomic E-state index is 14.7. The molecule has 0 radical (unpaired) electrons. The summed E-state index contributed by atoms with van der Waals surface area (Å²) in [7, 11) is 0. The molecular weight excluding hydrogens is 409 g/mol. The SMILES string of the molecule is O=c1c(Cl)c(NC[C@@H]2CCCOC2)cnn1-c1ccc(Oc2ccccc2)cc1F. The Hall–Kier alpha value is -2.90. The molecule has 0 spiro atoms. The molecule has 2 heterocycles. The summed E-state index contributed by atoms with van der Waals surface area (Å²) < 4.78 is 26.7. The Labute approximate surface area is 178 Å². The molecular formula is C22H21ClFN3O3. The first-order valence-corrected chi connectivity index (χ1v) is 10.1. The molecule has 2 aromatic carbocycles. The number of hydrogen-bond acceptors (Lipinski definition) is 5. The first kappa shape index (κ1) is 20.4.